The molecular weight excluding hydrogens is 446 g/mol. The number of carbonyl (C=O) groups is 1. The van der Waals surface area contributed by atoms with Crippen LogP contribution in [0.4, 0.5) is 5.69 Å². The Kier molecular flexibility index (Phi) is 7.94. The second-order valence-electron chi connectivity index (χ2n) is 7.19. The maximum absolute atomic E-state index is 12.9. The number of nitro benzene ring substituents is 1. The number of nitro groups is 1. The predicted octanol–water partition coefficient (Wildman–Crippen LogP) is 4.48. The molecule has 0 aliphatic heterocycles. The number of methoxy groups -OCH3 is 2. The third kappa shape index (κ3) is 5.64. The van der Waals surface area contributed by atoms with E-state index in [1.165, 1.54) is 32.0 Å². The van der Waals surface area contributed by atoms with Gasteiger partial charge in [0.25, 0.3) is 11.6 Å². The Bertz CT molecular complexity index is 1140. The van der Waals surface area contributed by atoms with Crippen molar-refractivity contribution in [3.05, 3.63) is 74.7 Å². The fraction of sp³-hybridized carbons (Fsp3) is 0.304. The molecule has 1 aromatic heterocycles. The minimum Gasteiger partial charge on any atom is -0.493 e. The van der Waals surface area contributed by atoms with E-state index in [0.717, 1.165) is 21.9 Å². The quantitative estimate of drug-likeness (QED) is 0.261. The Balaban J connectivity index is 1.69. The summed E-state index contributed by atoms with van der Waals surface area (Å²) in [6, 6.07) is 10.2. The van der Waals surface area contributed by atoms with E-state index in [2.05, 4.69) is 10.5 Å². The highest BCUT2D eigenvalue weighted by atomic mass is 32.2. The van der Waals surface area contributed by atoms with Crippen LogP contribution in [0, 0.1) is 24.0 Å². The van der Waals surface area contributed by atoms with Gasteiger partial charge in [-0.05, 0) is 38.5 Å². The maximum Gasteiger partial charge on any atom is 0.276 e. The van der Waals surface area contributed by atoms with E-state index >= 15 is 0 Å². The van der Waals surface area contributed by atoms with Crippen molar-refractivity contribution in [1.82, 2.24) is 10.5 Å². The molecule has 1 N–H and O–H groups in total. The number of aryl methyl sites for hydroxylation is 2. The molecule has 9 nitrogen and oxygen atoms in total. The van der Waals surface area contributed by atoms with Crippen molar-refractivity contribution in [3.8, 4) is 11.5 Å². The van der Waals surface area contributed by atoms with Gasteiger partial charge in [0.2, 0.25) is 0 Å². The van der Waals surface area contributed by atoms with Crippen molar-refractivity contribution in [2.45, 2.75) is 30.9 Å². The SMILES string of the molecule is COc1cc(CCNC(=O)c2ccccc2SCc2c(C)noc2C)c([N+](=O)[O-])cc1OC. The first-order chi connectivity index (χ1) is 15.8. The van der Waals surface area contributed by atoms with Crippen molar-refractivity contribution in [1.29, 1.82) is 0 Å². The highest BCUT2D eigenvalue weighted by Gasteiger charge is 2.20. The van der Waals surface area contributed by atoms with Crippen LogP contribution in [0.3, 0.4) is 0 Å². The molecule has 1 heterocycles. The van der Waals surface area contributed by atoms with Gasteiger partial charge >= 0.3 is 0 Å². The van der Waals surface area contributed by atoms with Crippen LogP contribution in [0.25, 0.3) is 0 Å². The number of aromatic nitrogens is 1. The number of amides is 1. The number of hydrogen-bond acceptors (Lipinski definition) is 8. The minimum absolute atomic E-state index is 0.0858. The van der Waals surface area contributed by atoms with E-state index in [1.54, 1.807) is 18.2 Å². The molecule has 1 amide bonds. The van der Waals surface area contributed by atoms with E-state index in [0.29, 0.717) is 22.6 Å². The number of rotatable bonds is 10. The van der Waals surface area contributed by atoms with Gasteiger partial charge in [0.1, 0.15) is 5.76 Å². The van der Waals surface area contributed by atoms with E-state index < -0.39 is 4.92 Å². The molecule has 0 unspecified atom stereocenters. The van der Waals surface area contributed by atoms with Crippen LogP contribution < -0.4 is 14.8 Å². The van der Waals surface area contributed by atoms with Crippen LogP contribution in [-0.2, 0) is 12.2 Å². The molecule has 3 aromatic rings. The van der Waals surface area contributed by atoms with Crippen LogP contribution in [0.15, 0.2) is 45.8 Å². The molecule has 2 aromatic carbocycles. The number of nitrogens with one attached hydrogen (secondary N) is 1. The minimum atomic E-state index is -0.472. The molecule has 10 heteroatoms. The van der Waals surface area contributed by atoms with Gasteiger partial charge in [-0.2, -0.15) is 0 Å². The molecule has 0 atom stereocenters. The van der Waals surface area contributed by atoms with Crippen molar-refractivity contribution >= 4 is 23.4 Å². The molecular formula is C23H25N3O6S. The zero-order valence-corrected chi connectivity index (χ0v) is 19.7. The molecule has 33 heavy (non-hydrogen) atoms. The molecule has 0 aliphatic rings. The average Bonchev–Trinajstić information content (AvgIpc) is 3.14. The summed E-state index contributed by atoms with van der Waals surface area (Å²) in [6.45, 7) is 3.97. The second-order valence-corrected chi connectivity index (χ2v) is 8.20. The number of thioether (sulfide) groups is 1. The normalized spacial score (nSPS) is 10.7. The summed E-state index contributed by atoms with van der Waals surface area (Å²) in [6.07, 6.45) is 0.261. The predicted molar refractivity (Wildman–Crippen MR) is 124 cm³/mol. The van der Waals surface area contributed by atoms with Crippen molar-refractivity contribution < 1.29 is 23.7 Å². The van der Waals surface area contributed by atoms with Gasteiger partial charge in [-0.3, -0.25) is 14.9 Å². The van der Waals surface area contributed by atoms with Crippen LogP contribution in [0.1, 0.15) is 32.9 Å². The lowest BCUT2D eigenvalue weighted by Gasteiger charge is -2.12. The fourth-order valence-electron chi connectivity index (χ4n) is 3.32. The number of nitrogens with zero attached hydrogens (tertiary/aromatic N) is 2. The summed E-state index contributed by atoms with van der Waals surface area (Å²) >= 11 is 1.53. The number of ether oxygens (including phenoxy) is 2. The summed E-state index contributed by atoms with van der Waals surface area (Å²) < 4.78 is 15.6. The summed E-state index contributed by atoms with van der Waals surface area (Å²) in [7, 11) is 2.88. The second kappa shape index (κ2) is 10.9. The van der Waals surface area contributed by atoms with Crippen molar-refractivity contribution in [3.63, 3.8) is 0 Å². The standard InChI is InChI=1S/C23H25N3O6S/c1-14-18(15(2)32-25-14)13-33-22-8-6-5-7-17(22)23(27)24-10-9-16-11-20(30-3)21(31-4)12-19(16)26(28)29/h5-8,11-12H,9-10,13H2,1-4H3,(H,24,27). The van der Waals surface area contributed by atoms with Gasteiger partial charge in [0, 0.05) is 28.3 Å². The number of carbonyl (C=O) groups excluding carboxylic acids is 1. The molecule has 0 saturated heterocycles. The third-order valence-electron chi connectivity index (χ3n) is 5.15. The van der Waals surface area contributed by atoms with Crippen molar-refractivity contribution in [2.75, 3.05) is 20.8 Å². The van der Waals surface area contributed by atoms with E-state index in [1.807, 2.05) is 26.0 Å². The Morgan fingerprint density at radius 3 is 2.52 bits per heavy atom. The fourth-order valence-corrected chi connectivity index (χ4v) is 4.53. The Morgan fingerprint density at radius 2 is 1.88 bits per heavy atom. The zero-order chi connectivity index (χ0) is 24.0. The molecule has 3 rings (SSSR count). The lowest BCUT2D eigenvalue weighted by atomic mass is 10.1. The summed E-state index contributed by atoms with van der Waals surface area (Å²) in [5.41, 5.74) is 2.74. The molecule has 0 aliphatic carbocycles. The molecule has 174 valence electrons. The zero-order valence-electron chi connectivity index (χ0n) is 18.8. The third-order valence-corrected chi connectivity index (χ3v) is 6.25. The van der Waals surface area contributed by atoms with Crippen molar-refractivity contribution in [2.24, 2.45) is 0 Å². The van der Waals surface area contributed by atoms with Crippen LogP contribution in [-0.4, -0.2) is 36.8 Å². The van der Waals surface area contributed by atoms with E-state index in [4.69, 9.17) is 14.0 Å². The first-order valence-electron chi connectivity index (χ1n) is 10.2. The van der Waals surface area contributed by atoms with Crippen LogP contribution in [0.2, 0.25) is 0 Å². The first kappa shape index (κ1) is 24.1. The van der Waals surface area contributed by atoms with Gasteiger partial charge in [-0.15, -0.1) is 11.8 Å². The molecule has 0 fully saturated rings. The summed E-state index contributed by atoms with van der Waals surface area (Å²) in [4.78, 5) is 24.7. The monoisotopic (exact) mass is 471 g/mol. The average molecular weight is 472 g/mol. The molecule has 0 spiro atoms. The number of benzene rings is 2. The van der Waals surface area contributed by atoms with Gasteiger partial charge in [0.05, 0.1) is 36.5 Å². The van der Waals surface area contributed by atoms with Crippen LogP contribution >= 0.6 is 11.8 Å². The summed E-state index contributed by atoms with van der Waals surface area (Å²) in [5, 5.41) is 18.3. The molecule has 0 radical (unpaired) electrons. The Morgan fingerprint density at radius 1 is 1.18 bits per heavy atom. The van der Waals surface area contributed by atoms with Crippen LogP contribution in [0.5, 0.6) is 11.5 Å². The topological polar surface area (TPSA) is 117 Å². The maximum atomic E-state index is 12.9. The smallest absolute Gasteiger partial charge is 0.276 e. The Hall–Kier alpha value is -3.53. The largest absolute Gasteiger partial charge is 0.493 e. The highest BCUT2D eigenvalue weighted by Crippen LogP contribution is 2.34. The van der Waals surface area contributed by atoms with Gasteiger partial charge < -0.3 is 19.3 Å². The highest BCUT2D eigenvalue weighted by molar-refractivity contribution is 7.98. The first-order valence-corrected chi connectivity index (χ1v) is 11.1. The number of hydrogen-bond donors (Lipinski definition) is 1. The van der Waals surface area contributed by atoms with Gasteiger partial charge in [-0.1, -0.05) is 17.3 Å². The molecule has 0 saturated carbocycles. The van der Waals surface area contributed by atoms with Gasteiger partial charge in [0.15, 0.2) is 11.5 Å². The summed E-state index contributed by atoms with van der Waals surface area (Å²) in [5.74, 6) is 1.81. The van der Waals surface area contributed by atoms with Gasteiger partial charge in [-0.25, -0.2) is 0 Å². The van der Waals surface area contributed by atoms with E-state index in [-0.39, 0.29) is 30.3 Å². The lowest BCUT2D eigenvalue weighted by molar-refractivity contribution is -0.385. The van der Waals surface area contributed by atoms with E-state index in [9.17, 15) is 14.9 Å². The lowest BCUT2D eigenvalue weighted by Crippen LogP contribution is -2.26. The Labute approximate surface area is 195 Å². The molecule has 0 bridgehead atoms.